The molecule has 1 nitrogen and oxygen atoms in total. The number of rotatable bonds is 13. The zero-order valence-electron chi connectivity index (χ0n) is 17.7. The highest BCUT2D eigenvalue weighted by molar-refractivity contribution is 4.82. The van der Waals surface area contributed by atoms with Crippen molar-refractivity contribution < 1.29 is 4.74 Å². The predicted molar refractivity (Wildman–Crippen MR) is 115 cm³/mol. The Hall–Kier alpha value is -0.300. The molecule has 0 N–H and O–H groups in total. The van der Waals surface area contributed by atoms with E-state index in [0.717, 1.165) is 36.9 Å². The second kappa shape index (κ2) is 13.8. The van der Waals surface area contributed by atoms with Gasteiger partial charge >= 0.3 is 0 Å². The maximum atomic E-state index is 5.67. The van der Waals surface area contributed by atoms with E-state index in [1.807, 2.05) is 6.08 Å². The first-order chi connectivity index (χ1) is 12.8. The highest BCUT2D eigenvalue weighted by Crippen LogP contribution is 2.42. The molecule has 2 aliphatic rings. The highest BCUT2D eigenvalue weighted by Gasteiger charge is 2.30. The molecular formula is C25H46O. The van der Waals surface area contributed by atoms with Gasteiger partial charge in [-0.05, 0) is 62.2 Å². The molecule has 0 radical (unpaired) electrons. The van der Waals surface area contributed by atoms with Crippen LogP contribution in [-0.2, 0) is 4.74 Å². The maximum absolute atomic E-state index is 5.67. The standard InChI is InChI=1S/C25H46O/c1-3-5-6-7-8-9-10-11-22-12-16-24(17-13-22)25-18-14-23(15-19-25)21-26-20-4-2/h4,22-25H,2-3,5-21H2,1H3/t22?,23-,24?,25-. The molecule has 0 bridgehead atoms. The Kier molecular flexibility index (Phi) is 11.7. The van der Waals surface area contributed by atoms with Crippen molar-refractivity contribution in [3.63, 3.8) is 0 Å². The molecule has 2 fully saturated rings. The fourth-order valence-electron chi connectivity index (χ4n) is 5.48. The minimum absolute atomic E-state index is 0.725. The van der Waals surface area contributed by atoms with Gasteiger partial charge in [0.1, 0.15) is 0 Å². The first kappa shape index (κ1) is 22.0. The quantitative estimate of drug-likeness (QED) is 0.238. The average molecular weight is 363 g/mol. The van der Waals surface area contributed by atoms with Crippen molar-refractivity contribution >= 4 is 0 Å². The average Bonchev–Trinajstić information content (AvgIpc) is 2.69. The van der Waals surface area contributed by atoms with Gasteiger partial charge in [0, 0.05) is 6.61 Å². The third-order valence-electron chi connectivity index (χ3n) is 7.25. The molecule has 0 saturated heterocycles. The Bertz CT molecular complexity index is 334. The summed E-state index contributed by atoms with van der Waals surface area (Å²) in [5, 5.41) is 0. The lowest BCUT2D eigenvalue weighted by atomic mass is 9.69. The molecule has 0 aromatic rings. The summed E-state index contributed by atoms with van der Waals surface area (Å²) in [6, 6.07) is 0. The fraction of sp³-hybridized carbons (Fsp3) is 0.920. The summed E-state index contributed by atoms with van der Waals surface area (Å²) in [6.07, 6.45) is 25.5. The lowest BCUT2D eigenvalue weighted by molar-refractivity contribution is 0.0779. The van der Waals surface area contributed by atoms with Crippen LogP contribution in [0.5, 0.6) is 0 Å². The molecule has 0 amide bonds. The summed E-state index contributed by atoms with van der Waals surface area (Å²) in [4.78, 5) is 0. The molecule has 152 valence electrons. The first-order valence-corrected chi connectivity index (χ1v) is 12.0. The van der Waals surface area contributed by atoms with Gasteiger partial charge < -0.3 is 4.74 Å². The van der Waals surface area contributed by atoms with Crippen molar-refractivity contribution in [2.45, 2.75) is 110 Å². The minimum atomic E-state index is 0.725. The smallest absolute Gasteiger partial charge is 0.0644 e. The molecule has 1 heteroatoms. The normalized spacial score (nSPS) is 29.6. The lowest BCUT2D eigenvalue weighted by Crippen LogP contribution is -2.27. The summed E-state index contributed by atoms with van der Waals surface area (Å²) >= 11 is 0. The first-order valence-electron chi connectivity index (χ1n) is 12.0. The van der Waals surface area contributed by atoms with Crippen LogP contribution >= 0.6 is 0 Å². The molecule has 2 rings (SSSR count). The van der Waals surface area contributed by atoms with Crippen LogP contribution < -0.4 is 0 Å². The molecule has 26 heavy (non-hydrogen) atoms. The zero-order valence-corrected chi connectivity index (χ0v) is 17.7. The molecular weight excluding hydrogens is 316 g/mol. The van der Waals surface area contributed by atoms with Crippen molar-refractivity contribution in [1.29, 1.82) is 0 Å². The van der Waals surface area contributed by atoms with Gasteiger partial charge in [-0.3, -0.25) is 0 Å². The third kappa shape index (κ3) is 8.59. The Morgan fingerprint density at radius 1 is 0.731 bits per heavy atom. The molecule has 0 spiro atoms. The van der Waals surface area contributed by atoms with E-state index < -0.39 is 0 Å². The van der Waals surface area contributed by atoms with Crippen LogP contribution in [0.2, 0.25) is 0 Å². The number of unbranched alkanes of at least 4 members (excludes halogenated alkanes) is 6. The van der Waals surface area contributed by atoms with Crippen molar-refractivity contribution in [1.82, 2.24) is 0 Å². The predicted octanol–water partition coefficient (Wildman–Crippen LogP) is 7.94. The van der Waals surface area contributed by atoms with Crippen molar-refractivity contribution in [3.8, 4) is 0 Å². The number of hydrogen-bond acceptors (Lipinski definition) is 1. The van der Waals surface area contributed by atoms with Crippen LogP contribution in [0.1, 0.15) is 110 Å². The highest BCUT2D eigenvalue weighted by atomic mass is 16.5. The van der Waals surface area contributed by atoms with E-state index in [1.165, 1.54) is 103 Å². The van der Waals surface area contributed by atoms with E-state index in [0.29, 0.717) is 0 Å². The summed E-state index contributed by atoms with van der Waals surface area (Å²) < 4.78 is 5.67. The topological polar surface area (TPSA) is 9.23 Å². The second-order valence-electron chi connectivity index (χ2n) is 9.30. The van der Waals surface area contributed by atoms with Crippen LogP contribution in [-0.4, -0.2) is 13.2 Å². The van der Waals surface area contributed by atoms with Crippen molar-refractivity contribution in [2.24, 2.45) is 23.7 Å². The molecule has 0 aromatic carbocycles. The Morgan fingerprint density at radius 2 is 1.27 bits per heavy atom. The van der Waals surface area contributed by atoms with Crippen LogP contribution in [0.25, 0.3) is 0 Å². The lowest BCUT2D eigenvalue weighted by Gasteiger charge is -2.38. The number of ether oxygens (including phenoxy) is 1. The molecule has 0 aromatic heterocycles. The maximum Gasteiger partial charge on any atom is 0.0644 e. The van der Waals surface area contributed by atoms with Gasteiger partial charge in [-0.25, -0.2) is 0 Å². The molecule has 2 saturated carbocycles. The summed E-state index contributed by atoms with van der Waals surface area (Å²) in [6.45, 7) is 7.73. The Labute approximate surface area is 164 Å². The van der Waals surface area contributed by atoms with E-state index in [9.17, 15) is 0 Å². The molecule has 0 atom stereocenters. The summed E-state index contributed by atoms with van der Waals surface area (Å²) in [7, 11) is 0. The largest absolute Gasteiger partial charge is 0.377 e. The Morgan fingerprint density at radius 3 is 1.85 bits per heavy atom. The summed E-state index contributed by atoms with van der Waals surface area (Å²) in [5.74, 6) is 3.96. The van der Waals surface area contributed by atoms with E-state index in [-0.39, 0.29) is 0 Å². The number of hydrogen-bond donors (Lipinski definition) is 0. The molecule has 2 aliphatic carbocycles. The zero-order chi connectivity index (χ0) is 18.5. The molecule has 0 heterocycles. The van der Waals surface area contributed by atoms with Crippen LogP contribution in [0.15, 0.2) is 12.7 Å². The van der Waals surface area contributed by atoms with Gasteiger partial charge in [0.25, 0.3) is 0 Å². The van der Waals surface area contributed by atoms with Gasteiger partial charge in [-0.15, -0.1) is 6.58 Å². The van der Waals surface area contributed by atoms with E-state index in [4.69, 9.17) is 4.74 Å². The van der Waals surface area contributed by atoms with E-state index in [1.54, 1.807) is 0 Å². The fourth-order valence-corrected chi connectivity index (χ4v) is 5.48. The SMILES string of the molecule is C=CCOC[C@H]1CC[C@H](C2CCC(CCCCCCCCC)CC2)CC1. The van der Waals surface area contributed by atoms with Crippen molar-refractivity contribution in [2.75, 3.05) is 13.2 Å². The van der Waals surface area contributed by atoms with Gasteiger partial charge in [-0.2, -0.15) is 0 Å². The van der Waals surface area contributed by atoms with Crippen molar-refractivity contribution in [3.05, 3.63) is 12.7 Å². The van der Waals surface area contributed by atoms with Gasteiger partial charge in [0.05, 0.1) is 6.61 Å². The monoisotopic (exact) mass is 362 g/mol. The second-order valence-corrected chi connectivity index (χ2v) is 9.30. The van der Waals surface area contributed by atoms with Crippen LogP contribution in [0, 0.1) is 23.7 Å². The van der Waals surface area contributed by atoms with E-state index in [2.05, 4.69) is 13.5 Å². The van der Waals surface area contributed by atoms with E-state index >= 15 is 0 Å². The summed E-state index contributed by atoms with van der Waals surface area (Å²) in [5.41, 5.74) is 0. The third-order valence-corrected chi connectivity index (χ3v) is 7.25. The minimum Gasteiger partial charge on any atom is -0.377 e. The molecule has 0 aliphatic heterocycles. The van der Waals surface area contributed by atoms with Gasteiger partial charge in [0.2, 0.25) is 0 Å². The van der Waals surface area contributed by atoms with Gasteiger partial charge in [-0.1, -0.05) is 77.2 Å². The molecule has 0 unspecified atom stereocenters. The van der Waals surface area contributed by atoms with Crippen LogP contribution in [0.3, 0.4) is 0 Å². The Balaban J connectivity index is 1.49. The van der Waals surface area contributed by atoms with Crippen LogP contribution in [0.4, 0.5) is 0 Å². The van der Waals surface area contributed by atoms with Gasteiger partial charge in [0.15, 0.2) is 0 Å².